The van der Waals surface area contributed by atoms with Gasteiger partial charge in [0, 0.05) is 18.8 Å². The van der Waals surface area contributed by atoms with Crippen LogP contribution in [0.3, 0.4) is 0 Å². The Morgan fingerprint density at radius 3 is 2.48 bits per heavy atom. The Balaban J connectivity index is 1.80. The molecule has 0 aliphatic carbocycles. The van der Waals surface area contributed by atoms with Crippen molar-refractivity contribution >= 4 is 29.3 Å². The molecule has 0 unspecified atom stereocenters. The molecule has 1 fully saturated rings. The van der Waals surface area contributed by atoms with E-state index >= 15 is 0 Å². The van der Waals surface area contributed by atoms with Crippen molar-refractivity contribution in [3.8, 4) is 0 Å². The number of amides is 2. The van der Waals surface area contributed by atoms with Gasteiger partial charge in [-0.15, -0.1) is 0 Å². The predicted octanol–water partition coefficient (Wildman–Crippen LogP) is 2.21. The molecule has 21 heavy (non-hydrogen) atoms. The fourth-order valence-electron chi connectivity index (χ4n) is 2.13. The number of rotatable bonds is 3. The SMILES string of the molecule is Cc1ccc(N2C(=O)C[C@@H](Sc3ncccn3)C2=O)cc1. The Morgan fingerprint density at radius 1 is 1.14 bits per heavy atom. The van der Waals surface area contributed by atoms with E-state index in [9.17, 15) is 9.59 Å². The molecule has 106 valence electrons. The van der Waals surface area contributed by atoms with E-state index in [-0.39, 0.29) is 18.2 Å². The molecule has 0 spiro atoms. The highest BCUT2D eigenvalue weighted by Crippen LogP contribution is 2.32. The summed E-state index contributed by atoms with van der Waals surface area (Å²) < 4.78 is 0. The molecule has 1 saturated heterocycles. The fourth-order valence-corrected chi connectivity index (χ4v) is 3.06. The fraction of sp³-hybridized carbons (Fsp3) is 0.200. The lowest BCUT2D eigenvalue weighted by Crippen LogP contribution is -2.31. The summed E-state index contributed by atoms with van der Waals surface area (Å²) in [7, 11) is 0. The maximum absolute atomic E-state index is 12.4. The molecular formula is C15H13N3O2S. The first-order valence-electron chi connectivity index (χ1n) is 6.52. The molecule has 6 heteroatoms. The van der Waals surface area contributed by atoms with Crippen molar-refractivity contribution in [1.29, 1.82) is 0 Å². The molecule has 1 aliphatic rings. The van der Waals surface area contributed by atoms with E-state index in [4.69, 9.17) is 0 Å². The highest BCUT2D eigenvalue weighted by molar-refractivity contribution is 8.00. The van der Waals surface area contributed by atoms with E-state index in [0.29, 0.717) is 10.8 Å². The largest absolute Gasteiger partial charge is 0.274 e. The second-order valence-electron chi connectivity index (χ2n) is 4.74. The molecule has 1 atom stereocenters. The lowest BCUT2D eigenvalue weighted by molar-refractivity contribution is -0.121. The summed E-state index contributed by atoms with van der Waals surface area (Å²) in [6.45, 7) is 1.96. The maximum atomic E-state index is 12.4. The van der Waals surface area contributed by atoms with Crippen LogP contribution in [0, 0.1) is 6.92 Å². The highest BCUT2D eigenvalue weighted by atomic mass is 32.2. The Hall–Kier alpha value is -2.21. The van der Waals surface area contributed by atoms with Crippen LogP contribution in [-0.2, 0) is 9.59 Å². The third kappa shape index (κ3) is 2.80. The van der Waals surface area contributed by atoms with E-state index in [2.05, 4.69) is 9.97 Å². The minimum Gasteiger partial charge on any atom is -0.274 e. The van der Waals surface area contributed by atoms with Crippen LogP contribution < -0.4 is 4.90 Å². The Morgan fingerprint density at radius 2 is 1.81 bits per heavy atom. The van der Waals surface area contributed by atoms with Gasteiger partial charge in [0.05, 0.1) is 5.69 Å². The van der Waals surface area contributed by atoms with Gasteiger partial charge in [0.1, 0.15) is 5.25 Å². The van der Waals surface area contributed by atoms with Gasteiger partial charge in [0.25, 0.3) is 0 Å². The monoisotopic (exact) mass is 299 g/mol. The number of aryl methyl sites for hydroxylation is 1. The summed E-state index contributed by atoms with van der Waals surface area (Å²) in [5.74, 6) is -0.390. The van der Waals surface area contributed by atoms with Gasteiger partial charge in [0.15, 0.2) is 5.16 Å². The summed E-state index contributed by atoms with van der Waals surface area (Å²) in [5.41, 5.74) is 1.70. The van der Waals surface area contributed by atoms with E-state index < -0.39 is 5.25 Å². The minimum atomic E-state index is -0.457. The average molecular weight is 299 g/mol. The first-order valence-corrected chi connectivity index (χ1v) is 7.40. The lowest BCUT2D eigenvalue weighted by Gasteiger charge is -2.14. The number of hydrogen-bond acceptors (Lipinski definition) is 5. The lowest BCUT2D eigenvalue weighted by atomic mass is 10.2. The number of aromatic nitrogens is 2. The molecule has 1 aliphatic heterocycles. The Labute approximate surface area is 126 Å². The van der Waals surface area contributed by atoms with Crippen LogP contribution in [0.25, 0.3) is 0 Å². The zero-order chi connectivity index (χ0) is 14.8. The van der Waals surface area contributed by atoms with Gasteiger partial charge < -0.3 is 0 Å². The molecular weight excluding hydrogens is 286 g/mol. The third-order valence-electron chi connectivity index (χ3n) is 3.19. The van der Waals surface area contributed by atoms with Gasteiger partial charge in [0.2, 0.25) is 11.8 Å². The normalized spacial score (nSPS) is 18.3. The number of carbonyl (C=O) groups excluding carboxylic acids is 2. The van der Waals surface area contributed by atoms with Crippen molar-refractivity contribution in [2.24, 2.45) is 0 Å². The second-order valence-corrected chi connectivity index (χ2v) is 5.91. The summed E-state index contributed by atoms with van der Waals surface area (Å²) in [4.78, 5) is 34.0. The number of thioether (sulfide) groups is 1. The number of carbonyl (C=O) groups is 2. The topological polar surface area (TPSA) is 63.2 Å². The van der Waals surface area contributed by atoms with Crippen molar-refractivity contribution in [2.45, 2.75) is 23.8 Å². The summed E-state index contributed by atoms with van der Waals surface area (Å²) >= 11 is 1.23. The quantitative estimate of drug-likeness (QED) is 0.642. The van der Waals surface area contributed by atoms with Crippen LogP contribution >= 0.6 is 11.8 Å². The molecule has 0 radical (unpaired) electrons. The Bertz CT molecular complexity index is 673. The van der Waals surface area contributed by atoms with Gasteiger partial charge in [-0.1, -0.05) is 29.5 Å². The van der Waals surface area contributed by atoms with Crippen LogP contribution in [0.1, 0.15) is 12.0 Å². The summed E-state index contributed by atoms with van der Waals surface area (Å²) in [6.07, 6.45) is 3.41. The van der Waals surface area contributed by atoms with Crippen molar-refractivity contribution < 1.29 is 9.59 Å². The van der Waals surface area contributed by atoms with Gasteiger partial charge >= 0.3 is 0 Å². The smallest absolute Gasteiger partial charge is 0.247 e. The number of hydrogen-bond donors (Lipinski definition) is 0. The van der Waals surface area contributed by atoms with E-state index in [1.807, 2.05) is 19.1 Å². The summed E-state index contributed by atoms with van der Waals surface area (Å²) in [6, 6.07) is 9.06. The van der Waals surface area contributed by atoms with Gasteiger partial charge in [-0.2, -0.15) is 0 Å². The van der Waals surface area contributed by atoms with Crippen molar-refractivity contribution in [3.63, 3.8) is 0 Å². The average Bonchev–Trinajstić information content (AvgIpc) is 2.76. The zero-order valence-electron chi connectivity index (χ0n) is 11.4. The molecule has 1 aromatic carbocycles. The third-order valence-corrected chi connectivity index (χ3v) is 4.26. The minimum absolute atomic E-state index is 0.176. The second kappa shape index (κ2) is 5.65. The standard InChI is InChI=1S/C15H13N3O2S/c1-10-3-5-11(6-4-10)18-13(19)9-12(14(18)20)21-15-16-7-2-8-17-15/h2-8,12H,9H2,1H3/t12-/m1/s1. The van der Waals surface area contributed by atoms with Gasteiger partial charge in [-0.25, -0.2) is 14.9 Å². The van der Waals surface area contributed by atoms with Crippen molar-refractivity contribution in [1.82, 2.24) is 9.97 Å². The zero-order valence-corrected chi connectivity index (χ0v) is 12.2. The van der Waals surface area contributed by atoms with E-state index in [0.717, 1.165) is 5.56 Å². The number of benzene rings is 1. The Kier molecular flexibility index (Phi) is 3.70. The van der Waals surface area contributed by atoms with Crippen LogP contribution in [0.4, 0.5) is 5.69 Å². The van der Waals surface area contributed by atoms with Gasteiger partial charge in [-0.05, 0) is 25.1 Å². The summed E-state index contributed by atoms with van der Waals surface area (Å²) in [5, 5.41) is 0.0515. The molecule has 0 bridgehead atoms. The van der Waals surface area contributed by atoms with Gasteiger partial charge in [-0.3, -0.25) is 9.59 Å². The van der Waals surface area contributed by atoms with Crippen LogP contribution in [0.5, 0.6) is 0 Å². The van der Waals surface area contributed by atoms with Crippen LogP contribution in [0.15, 0.2) is 47.9 Å². The number of nitrogens with zero attached hydrogens (tertiary/aromatic N) is 3. The predicted molar refractivity (Wildman–Crippen MR) is 80.0 cm³/mol. The molecule has 0 saturated carbocycles. The molecule has 0 N–H and O–H groups in total. The molecule has 3 rings (SSSR count). The van der Waals surface area contributed by atoms with E-state index in [1.54, 1.807) is 30.6 Å². The van der Waals surface area contributed by atoms with Crippen molar-refractivity contribution in [2.75, 3.05) is 4.90 Å². The molecule has 1 aromatic heterocycles. The first kappa shape index (κ1) is 13.8. The number of anilines is 1. The molecule has 5 nitrogen and oxygen atoms in total. The van der Waals surface area contributed by atoms with Crippen LogP contribution in [-0.4, -0.2) is 27.0 Å². The highest BCUT2D eigenvalue weighted by Gasteiger charge is 2.40. The molecule has 2 aromatic rings. The van der Waals surface area contributed by atoms with E-state index in [1.165, 1.54) is 16.7 Å². The molecule has 2 amide bonds. The molecule has 2 heterocycles. The maximum Gasteiger partial charge on any atom is 0.247 e. The van der Waals surface area contributed by atoms with Crippen molar-refractivity contribution in [3.05, 3.63) is 48.3 Å². The first-order chi connectivity index (χ1) is 10.1. The number of imide groups is 1. The van der Waals surface area contributed by atoms with Crippen LogP contribution in [0.2, 0.25) is 0 Å².